The lowest BCUT2D eigenvalue weighted by Crippen LogP contribution is -1.90. The van der Waals surface area contributed by atoms with Crippen LogP contribution in [0.3, 0.4) is 0 Å². The normalized spacial score (nSPS) is 13.5. The summed E-state index contributed by atoms with van der Waals surface area (Å²) >= 11 is 0. The second-order valence-electron chi connectivity index (χ2n) is 5.04. The van der Waals surface area contributed by atoms with Crippen molar-refractivity contribution >= 4 is 16.8 Å². The highest BCUT2D eigenvalue weighted by atomic mass is 16.3. The minimum atomic E-state index is 0.704. The van der Waals surface area contributed by atoms with Gasteiger partial charge in [-0.1, -0.05) is 6.07 Å². The highest BCUT2D eigenvalue weighted by Crippen LogP contribution is 2.30. The first-order valence-electron chi connectivity index (χ1n) is 6.54. The Hall–Kier alpha value is -2.29. The Labute approximate surface area is 111 Å². The van der Waals surface area contributed by atoms with E-state index in [1.165, 1.54) is 16.8 Å². The summed E-state index contributed by atoms with van der Waals surface area (Å²) in [4.78, 5) is 4.58. The summed E-state index contributed by atoms with van der Waals surface area (Å²) in [5, 5.41) is 3.36. The summed E-state index contributed by atoms with van der Waals surface area (Å²) in [7, 11) is 0. The van der Waals surface area contributed by atoms with E-state index in [1.807, 2.05) is 12.1 Å². The summed E-state index contributed by atoms with van der Waals surface area (Å²) in [5.41, 5.74) is 6.60. The topological polar surface area (TPSA) is 38.1 Å². The van der Waals surface area contributed by atoms with E-state index in [4.69, 9.17) is 4.42 Å². The molecule has 1 N–H and O–H groups in total. The number of benzene rings is 2. The van der Waals surface area contributed by atoms with Crippen LogP contribution >= 0.6 is 0 Å². The van der Waals surface area contributed by atoms with Gasteiger partial charge in [0.2, 0.25) is 5.89 Å². The number of aromatic nitrogens is 1. The van der Waals surface area contributed by atoms with Crippen LogP contribution in [0.15, 0.2) is 40.8 Å². The molecule has 19 heavy (non-hydrogen) atoms. The molecule has 94 valence electrons. The summed E-state index contributed by atoms with van der Waals surface area (Å²) in [5.74, 6) is 0.704. The number of hydrogen-bond acceptors (Lipinski definition) is 3. The van der Waals surface area contributed by atoms with Gasteiger partial charge in [-0.2, -0.15) is 0 Å². The molecule has 0 aliphatic carbocycles. The molecule has 0 bridgehead atoms. The molecule has 4 rings (SSSR count). The Morgan fingerprint density at radius 2 is 2.11 bits per heavy atom. The third kappa shape index (κ3) is 1.70. The highest BCUT2D eigenvalue weighted by molar-refractivity contribution is 5.77. The Balaban J connectivity index is 1.85. The van der Waals surface area contributed by atoms with E-state index in [0.717, 1.165) is 29.6 Å². The molecule has 1 aliphatic rings. The minimum Gasteiger partial charge on any atom is -0.436 e. The smallest absolute Gasteiger partial charge is 0.227 e. The second-order valence-corrected chi connectivity index (χ2v) is 5.04. The van der Waals surface area contributed by atoms with Crippen LogP contribution in [0.4, 0.5) is 5.69 Å². The number of fused-ring (bicyclic) bond motifs is 2. The number of nitrogens with one attached hydrogen (secondary N) is 1. The first kappa shape index (κ1) is 10.6. The third-order valence-corrected chi connectivity index (χ3v) is 3.61. The van der Waals surface area contributed by atoms with Crippen molar-refractivity contribution < 1.29 is 4.42 Å². The maximum atomic E-state index is 5.84. The Morgan fingerprint density at radius 1 is 1.16 bits per heavy atom. The van der Waals surface area contributed by atoms with E-state index in [9.17, 15) is 0 Å². The van der Waals surface area contributed by atoms with Crippen molar-refractivity contribution in [3.63, 3.8) is 0 Å². The molecule has 0 radical (unpaired) electrons. The molecule has 1 aromatic heterocycles. The molecule has 1 aliphatic heterocycles. The fourth-order valence-electron chi connectivity index (χ4n) is 2.60. The molecular weight excluding hydrogens is 236 g/mol. The maximum absolute atomic E-state index is 5.84. The van der Waals surface area contributed by atoms with Crippen molar-refractivity contribution in [2.24, 2.45) is 0 Å². The molecule has 0 atom stereocenters. The Bertz CT molecular complexity index is 774. The number of hydrogen-bond donors (Lipinski definition) is 1. The molecule has 3 heteroatoms. The van der Waals surface area contributed by atoms with Gasteiger partial charge in [0.15, 0.2) is 5.58 Å². The Morgan fingerprint density at radius 3 is 3.05 bits per heavy atom. The molecular formula is C16H14N2O. The molecule has 0 saturated carbocycles. The zero-order chi connectivity index (χ0) is 12.8. The summed E-state index contributed by atoms with van der Waals surface area (Å²) < 4.78 is 5.84. The van der Waals surface area contributed by atoms with Crippen molar-refractivity contribution in [3.05, 3.63) is 47.5 Å². The molecule has 0 unspecified atom stereocenters. The number of rotatable bonds is 1. The SMILES string of the molecule is Cc1ccc2oc(-c3ccc4c(c3)CCN4)nc2c1. The average molecular weight is 250 g/mol. The van der Waals surface area contributed by atoms with E-state index < -0.39 is 0 Å². The van der Waals surface area contributed by atoms with E-state index in [2.05, 4.69) is 41.5 Å². The number of oxazole rings is 1. The van der Waals surface area contributed by atoms with Crippen molar-refractivity contribution in [2.75, 3.05) is 11.9 Å². The zero-order valence-corrected chi connectivity index (χ0v) is 10.7. The lowest BCUT2D eigenvalue weighted by Gasteiger charge is -2.00. The van der Waals surface area contributed by atoms with Gasteiger partial charge in [0.05, 0.1) is 0 Å². The van der Waals surface area contributed by atoms with Crippen molar-refractivity contribution in [1.82, 2.24) is 4.98 Å². The predicted octanol–water partition coefficient (Wildman–Crippen LogP) is 3.77. The van der Waals surface area contributed by atoms with Crippen molar-refractivity contribution in [2.45, 2.75) is 13.3 Å². The fraction of sp³-hybridized carbons (Fsp3) is 0.188. The second kappa shape index (κ2) is 3.85. The van der Waals surface area contributed by atoms with Crippen LogP contribution in [-0.2, 0) is 6.42 Å². The average Bonchev–Trinajstić information content (AvgIpc) is 3.02. The summed E-state index contributed by atoms with van der Waals surface area (Å²) in [6.07, 6.45) is 1.07. The molecule has 3 aromatic rings. The molecule has 2 heterocycles. The first-order valence-corrected chi connectivity index (χ1v) is 6.54. The largest absolute Gasteiger partial charge is 0.436 e. The van der Waals surface area contributed by atoms with Crippen LogP contribution in [0.1, 0.15) is 11.1 Å². The number of aryl methyl sites for hydroxylation is 1. The van der Waals surface area contributed by atoms with E-state index >= 15 is 0 Å². The van der Waals surface area contributed by atoms with Gasteiger partial charge in [-0.05, 0) is 54.8 Å². The fourth-order valence-corrected chi connectivity index (χ4v) is 2.60. The molecule has 0 amide bonds. The lowest BCUT2D eigenvalue weighted by atomic mass is 10.1. The molecule has 0 fully saturated rings. The van der Waals surface area contributed by atoms with Gasteiger partial charge in [-0.25, -0.2) is 4.98 Å². The summed E-state index contributed by atoms with van der Waals surface area (Å²) in [6.45, 7) is 3.08. The van der Waals surface area contributed by atoms with Crippen LogP contribution in [0.5, 0.6) is 0 Å². The standard InChI is InChI=1S/C16H14N2O/c1-10-2-5-15-14(8-10)18-16(19-15)12-3-4-13-11(9-12)6-7-17-13/h2-5,8-9,17H,6-7H2,1H3. The van der Waals surface area contributed by atoms with E-state index in [1.54, 1.807) is 0 Å². The van der Waals surface area contributed by atoms with E-state index in [-0.39, 0.29) is 0 Å². The van der Waals surface area contributed by atoms with Crippen LogP contribution in [0, 0.1) is 6.92 Å². The number of nitrogens with zero attached hydrogens (tertiary/aromatic N) is 1. The quantitative estimate of drug-likeness (QED) is 0.714. The lowest BCUT2D eigenvalue weighted by molar-refractivity contribution is 0.619. The molecule has 0 saturated heterocycles. The summed E-state index contributed by atoms with van der Waals surface area (Å²) in [6, 6.07) is 12.4. The van der Waals surface area contributed by atoms with Gasteiger partial charge in [-0.15, -0.1) is 0 Å². The van der Waals surface area contributed by atoms with Gasteiger partial charge in [-0.3, -0.25) is 0 Å². The van der Waals surface area contributed by atoms with Crippen LogP contribution in [-0.4, -0.2) is 11.5 Å². The molecule has 3 nitrogen and oxygen atoms in total. The van der Waals surface area contributed by atoms with Crippen LogP contribution < -0.4 is 5.32 Å². The minimum absolute atomic E-state index is 0.704. The van der Waals surface area contributed by atoms with Crippen molar-refractivity contribution in [1.29, 1.82) is 0 Å². The van der Waals surface area contributed by atoms with Crippen LogP contribution in [0.25, 0.3) is 22.6 Å². The van der Waals surface area contributed by atoms with Crippen molar-refractivity contribution in [3.8, 4) is 11.5 Å². The van der Waals surface area contributed by atoms with Gasteiger partial charge in [0.25, 0.3) is 0 Å². The van der Waals surface area contributed by atoms with Gasteiger partial charge >= 0.3 is 0 Å². The zero-order valence-electron chi connectivity index (χ0n) is 10.7. The van der Waals surface area contributed by atoms with E-state index in [0.29, 0.717) is 5.89 Å². The van der Waals surface area contributed by atoms with Crippen LogP contribution in [0.2, 0.25) is 0 Å². The molecule has 0 spiro atoms. The third-order valence-electron chi connectivity index (χ3n) is 3.61. The van der Waals surface area contributed by atoms with Gasteiger partial charge in [0, 0.05) is 17.8 Å². The van der Waals surface area contributed by atoms with Gasteiger partial charge in [0.1, 0.15) is 5.52 Å². The molecule has 2 aromatic carbocycles. The maximum Gasteiger partial charge on any atom is 0.227 e. The van der Waals surface area contributed by atoms with Gasteiger partial charge < -0.3 is 9.73 Å². The first-order chi connectivity index (χ1) is 9.29. The number of anilines is 1. The Kier molecular flexibility index (Phi) is 2.15. The highest BCUT2D eigenvalue weighted by Gasteiger charge is 2.13. The predicted molar refractivity (Wildman–Crippen MR) is 76.4 cm³/mol. The monoisotopic (exact) mass is 250 g/mol.